The molecule has 6 nitrogen and oxygen atoms in total. The summed E-state index contributed by atoms with van der Waals surface area (Å²) < 4.78 is 6.40. The third-order valence-corrected chi connectivity index (χ3v) is 3.54. The zero-order valence-corrected chi connectivity index (χ0v) is 13.6. The van der Waals surface area contributed by atoms with Crippen molar-refractivity contribution in [3.8, 4) is 0 Å². The summed E-state index contributed by atoms with van der Waals surface area (Å²) >= 11 is 0. The number of amides is 1. The first kappa shape index (κ1) is 16.5. The van der Waals surface area contributed by atoms with E-state index in [-0.39, 0.29) is 5.91 Å². The molecule has 1 N–H and O–H groups in total. The highest BCUT2D eigenvalue weighted by atomic mass is 16.5. The third kappa shape index (κ3) is 3.85. The Morgan fingerprint density at radius 3 is 2.39 bits per heavy atom. The van der Waals surface area contributed by atoms with Gasteiger partial charge in [0.25, 0.3) is 0 Å². The fourth-order valence-corrected chi connectivity index (χ4v) is 2.18. The van der Waals surface area contributed by atoms with E-state index >= 15 is 0 Å². The molecule has 0 saturated carbocycles. The summed E-state index contributed by atoms with van der Waals surface area (Å²) in [6, 6.07) is 6.50. The zero-order valence-electron chi connectivity index (χ0n) is 13.6. The van der Waals surface area contributed by atoms with E-state index in [1.54, 1.807) is 35.0 Å². The largest absolute Gasteiger partial charge is 0.465 e. The van der Waals surface area contributed by atoms with E-state index in [9.17, 15) is 9.59 Å². The van der Waals surface area contributed by atoms with E-state index in [4.69, 9.17) is 0 Å². The molecule has 0 bridgehead atoms. The van der Waals surface area contributed by atoms with E-state index in [0.29, 0.717) is 11.3 Å². The van der Waals surface area contributed by atoms with Crippen molar-refractivity contribution in [2.24, 2.45) is 7.05 Å². The van der Waals surface area contributed by atoms with E-state index in [1.807, 2.05) is 20.9 Å². The second-order valence-corrected chi connectivity index (χ2v) is 5.10. The molecular formula is C17H19N3O3. The molecule has 0 saturated heterocycles. The van der Waals surface area contributed by atoms with Gasteiger partial charge in [-0.2, -0.15) is 5.10 Å². The average molecular weight is 313 g/mol. The highest BCUT2D eigenvalue weighted by Gasteiger charge is 2.07. The Labute approximate surface area is 134 Å². The molecule has 0 radical (unpaired) electrons. The van der Waals surface area contributed by atoms with Gasteiger partial charge in [-0.25, -0.2) is 4.79 Å². The molecule has 1 amide bonds. The smallest absolute Gasteiger partial charge is 0.337 e. The van der Waals surface area contributed by atoms with E-state index < -0.39 is 5.97 Å². The molecule has 2 aromatic rings. The lowest BCUT2D eigenvalue weighted by atomic mass is 10.2. The number of aryl methyl sites for hydroxylation is 2. The van der Waals surface area contributed by atoms with Crippen molar-refractivity contribution in [3.63, 3.8) is 0 Å². The maximum Gasteiger partial charge on any atom is 0.337 e. The predicted octanol–water partition coefficient (Wildman–Crippen LogP) is 2.48. The standard InChI is InChI=1S/C17H19N3O3/c1-11-15(12(2)20(3)19-11)9-10-16(21)18-14-7-5-13(6-8-14)17(22)23-4/h5-10H,1-4H3,(H,18,21)/b10-9+. The number of nitrogens with zero attached hydrogens (tertiary/aromatic N) is 2. The third-order valence-electron chi connectivity index (χ3n) is 3.54. The number of hydrogen-bond acceptors (Lipinski definition) is 4. The van der Waals surface area contributed by atoms with Gasteiger partial charge in [0.15, 0.2) is 0 Å². The lowest BCUT2D eigenvalue weighted by Crippen LogP contribution is -2.08. The van der Waals surface area contributed by atoms with Gasteiger partial charge >= 0.3 is 5.97 Å². The van der Waals surface area contributed by atoms with E-state index in [1.165, 1.54) is 13.2 Å². The fourth-order valence-electron chi connectivity index (χ4n) is 2.18. The minimum atomic E-state index is -0.412. The molecule has 6 heteroatoms. The van der Waals surface area contributed by atoms with Crippen LogP contribution in [-0.2, 0) is 16.6 Å². The van der Waals surface area contributed by atoms with Crippen LogP contribution >= 0.6 is 0 Å². The number of carbonyl (C=O) groups is 2. The van der Waals surface area contributed by atoms with Gasteiger partial charge in [-0.15, -0.1) is 0 Å². The fraction of sp³-hybridized carbons (Fsp3) is 0.235. The second-order valence-electron chi connectivity index (χ2n) is 5.10. The number of benzene rings is 1. The number of rotatable bonds is 4. The molecule has 23 heavy (non-hydrogen) atoms. The highest BCUT2D eigenvalue weighted by Crippen LogP contribution is 2.14. The molecule has 1 heterocycles. The van der Waals surface area contributed by atoms with Gasteiger partial charge in [-0.1, -0.05) is 0 Å². The van der Waals surface area contributed by atoms with E-state index in [2.05, 4.69) is 15.2 Å². The van der Waals surface area contributed by atoms with Crippen LogP contribution in [0.5, 0.6) is 0 Å². The number of hydrogen-bond donors (Lipinski definition) is 1. The Hall–Kier alpha value is -2.89. The second kappa shape index (κ2) is 6.91. The first-order valence-electron chi connectivity index (χ1n) is 7.10. The summed E-state index contributed by atoms with van der Waals surface area (Å²) in [5, 5.41) is 7.03. The molecule has 0 atom stereocenters. The summed E-state index contributed by atoms with van der Waals surface area (Å²) in [6.45, 7) is 3.85. The van der Waals surface area contributed by atoms with Crippen LogP contribution in [-0.4, -0.2) is 28.8 Å². The van der Waals surface area contributed by atoms with Crippen LogP contribution in [0.25, 0.3) is 6.08 Å². The predicted molar refractivity (Wildman–Crippen MR) is 88.1 cm³/mol. The quantitative estimate of drug-likeness (QED) is 0.695. The van der Waals surface area contributed by atoms with Crippen LogP contribution in [0.4, 0.5) is 5.69 Å². The Bertz CT molecular complexity index is 758. The van der Waals surface area contributed by atoms with Crippen LogP contribution in [0, 0.1) is 13.8 Å². The Balaban J connectivity index is 2.04. The summed E-state index contributed by atoms with van der Waals surface area (Å²) in [4.78, 5) is 23.3. The van der Waals surface area contributed by atoms with Crippen molar-refractivity contribution >= 4 is 23.6 Å². The molecule has 2 rings (SSSR count). The number of nitrogens with one attached hydrogen (secondary N) is 1. The van der Waals surface area contributed by atoms with Gasteiger partial charge in [0.1, 0.15) is 0 Å². The molecule has 0 aliphatic carbocycles. The van der Waals surface area contributed by atoms with Crippen molar-refractivity contribution in [1.29, 1.82) is 0 Å². The minimum absolute atomic E-state index is 0.251. The normalized spacial score (nSPS) is 10.8. The van der Waals surface area contributed by atoms with Crippen molar-refractivity contribution in [1.82, 2.24) is 9.78 Å². The van der Waals surface area contributed by atoms with Crippen LogP contribution in [0.1, 0.15) is 27.3 Å². The number of esters is 1. The topological polar surface area (TPSA) is 73.2 Å². The van der Waals surface area contributed by atoms with Crippen LogP contribution in [0.3, 0.4) is 0 Å². The van der Waals surface area contributed by atoms with Gasteiger partial charge in [-0.05, 0) is 44.2 Å². The summed E-state index contributed by atoms with van der Waals surface area (Å²) in [5.74, 6) is -0.663. The first-order valence-corrected chi connectivity index (χ1v) is 7.10. The van der Waals surface area contributed by atoms with Crippen molar-refractivity contribution in [2.45, 2.75) is 13.8 Å². The average Bonchev–Trinajstić information content (AvgIpc) is 2.78. The zero-order chi connectivity index (χ0) is 17.0. The number of ether oxygens (including phenoxy) is 1. The van der Waals surface area contributed by atoms with Gasteiger partial charge in [-0.3, -0.25) is 9.48 Å². The van der Waals surface area contributed by atoms with Crippen LogP contribution in [0.15, 0.2) is 30.3 Å². The van der Waals surface area contributed by atoms with Crippen molar-refractivity contribution in [3.05, 3.63) is 52.9 Å². The summed E-state index contributed by atoms with van der Waals surface area (Å²) in [5.41, 5.74) is 3.84. The monoisotopic (exact) mass is 313 g/mol. The molecular weight excluding hydrogens is 294 g/mol. The molecule has 1 aromatic carbocycles. The van der Waals surface area contributed by atoms with E-state index in [0.717, 1.165) is 17.0 Å². The van der Waals surface area contributed by atoms with Crippen LogP contribution < -0.4 is 5.32 Å². The van der Waals surface area contributed by atoms with Gasteiger partial charge in [0, 0.05) is 30.1 Å². The van der Waals surface area contributed by atoms with Gasteiger partial charge in [0.05, 0.1) is 18.4 Å². The molecule has 0 spiro atoms. The Morgan fingerprint density at radius 2 is 1.87 bits per heavy atom. The van der Waals surface area contributed by atoms with Gasteiger partial charge in [0.2, 0.25) is 5.91 Å². The molecule has 0 unspecified atom stereocenters. The molecule has 120 valence electrons. The van der Waals surface area contributed by atoms with Crippen molar-refractivity contribution in [2.75, 3.05) is 12.4 Å². The minimum Gasteiger partial charge on any atom is -0.465 e. The number of aromatic nitrogens is 2. The summed E-state index contributed by atoms with van der Waals surface area (Å²) in [7, 11) is 3.19. The molecule has 0 fully saturated rings. The van der Waals surface area contributed by atoms with Gasteiger partial charge < -0.3 is 10.1 Å². The lowest BCUT2D eigenvalue weighted by Gasteiger charge is -2.03. The number of carbonyl (C=O) groups excluding carboxylic acids is 2. The lowest BCUT2D eigenvalue weighted by molar-refractivity contribution is -0.111. The van der Waals surface area contributed by atoms with Crippen LogP contribution in [0.2, 0.25) is 0 Å². The Kier molecular flexibility index (Phi) is 4.95. The number of methoxy groups -OCH3 is 1. The molecule has 0 aliphatic rings. The number of anilines is 1. The molecule has 0 aliphatic heterocycles. The highest BCUT2D eigenvalue weighted by molar-refractivity contribution is 6.02. The maximum atomic E-state index is 12.0. The Morgan fingerprint density at radius 1 is 1.22 bits per heavy atom. The SMILES string of the molecule is COC(=O)c1ccc(NC(=O)/C=C/c2c(C)nn(C)c2C)cc1. The summed E-state index contributed by atoms with van der Waals surface area (Å²) in [6.07, 6.45) is 3.21. The maximum absolute atomic E-state index is 12.0. The van der Waals surface area contributed by atoms with Crippen molar-refractivity contribution < 1.29 is 14.3 Å². The first-order chi connectivity index (χ1) is 10.9. The molecule has 1 aromatic heterocycles.